The van der Waals surface area contributed by atoms with Gasteiger partial charge in [0.25, 0.3) is 0 Å². The number of piperazine rings is 1. The number of rotatable bonds is 4. The molecule has 1 fully saturated rings. The van der Waals surface area contributed by atoms with Crippen LogP contribution in [0.5, 0.6) is 11.5 Å². The molecule has 0 radical (unpaired) electrons. The highest BCUT2D eigenvalue weighted by Crippen LogP contribution is 2.48. The van der Waals surface area contributed by atoms with E-state index < -0.39 is 69.0 Å². The number of aromatic hydroxyl groups is 2. The van der Waals surface area contributed by atoms with Gasteiger partial charge in [0.05, 0.1) is 40.1 Å². The van der Waals surface area contributed by atoms with Crippen molar-refractivity contribution in [2.24, 2.45) is 0 Å². The number of fused-ring (bicyclic) bond motifs is 2. The van der Waals surface area contributed by atoms with Gasteiger partial charge in [-0.3, -0.25) is 19.1 Å². The lowest BCUT2D eigenvalue weighted by atomic mass is 9.97. The lowest BCUT2D eigenvalue weighted by Gasteiger charge is -2.40. The highest BCUT2D eigenvalue weighted by Gasteiger charge is 2.41. The number of halogens is 2. The summed E-state index contributed by atoms with van der Waals surface area (Å²) in [5, 5.41) is 23.6. The van der Waals surface area contributed by atoms with Gasteiger partial charge in [-0.1, -0.05) is 26.5 Å². The molecule has 0 spiro atoms. The van der Waals surface area contributed by atoms with Crippen molar-refractivity contribution in [1.29, 1.82) is 0 Å². The van der Waals surface area contributed by atoms with Crippen LogP contribution in [0.15, 0.2) is 47.9 Å². The summed E-state index contributed by atoms with van der Waals surface area (Å²) in [5.41, 5.74) is -2.06. The van der Waals surface area contributed by atoms with E-state index in [1.807, 2.05) is 13.8 Å². The van der Waals surface area contributed by atoms with Gasteiger partial charge in [0.15, 0.2) is 11.6 Å². The number of hydrogen-bond donors (Lipinski definition) is 3. The van der Waals surface area contributed by atoms with Gasteiger partial charge < -0.3 is 25.3 Å². The van der Waals surface area contributed by atoms with Crippen molar-refractivity contribution in [1.82, 2.24) is 19.4 Å². The van der Waals surface area contributed by atoms with Crippen LogP contribution in [0.25, 0.3) is 27.7 Å². The van der Waals surface area contributed by atoms with Crippen LogP contribution in [-0.4, -0.2) is 67.1 Å². The molecule has 0 saturated carbocycles. The summed E-state index contributed by atoms with van der Waals surface area (Å²) in [5.74, 6) is -5.36. The average Bonchev–Trinajstić information content (AvgIpc) is 3.11. The van der Waals surface area contributed by atoms with Crippen LogP contribution < -0.4 is 15.9 Å². The van der Waals surface area contributed by atoms with Gasteiger partial charge in [-0.05, 0) is 42.7 Å². The first-order chi connectivity index (χ1) is 21.0. The van der Waals surface area contributed by atoms with Crippen molar-refractivity contribution in [3.8, 4) is 28.3 Å². The minimum atomic E-state index is -1.29. The lowest BCUT2D eigenvalue weighted by Crippen LogP contribution is -2.58. The minimum absolute atomic E-state index is 0.0249. The first kappa shape index (κ1) is 28.8. The van der Waals surface area contributed by atoms with Gasteiger partial charge in [0, 0.05) is 19.3 Å². The number of carbonyl (C=O) groups excluding carboxylic acids is 2. The average molecular weight is 603 g/mol. The molecule has 2 aromatic heterocycles. The third-order valence-electron chi connectivity index (χ3n) is 8.08. The molecule has 4 heterocycles. The number of amides is 2. The number of hydrogen-bond acceptors (Lipinski definition) is 8. The summed E-state index contributed by atoms with van der Waals surface area (Å²) in [6, 6.07) is 4.11. The van der Waals surface area contributed by atoms with Gasteiger partial charge in [0.2, 0.25) is 11.8 Å². The van der Waals surface area contributed by atoms with Gasteiger partial charge in [-0.2, -0.15) is 4.98 Å². The van der Waals surface area contributed by atoms with Crippen LogP contribution >= 0.6 is 0 Å². The molecule has 44 heavy (non-hydrogen) atoms. The highest BCUT2D eigenvalue weighted by molar-refractivity contribution is 6.13. The van der Waals surface area contributed by atoms with Gasteiger partial charge >= 0.3 is 5.69 Å². The zero-order valence-corrected chi connectivity index (χ0v) is 24.1. The Bertz CT molecular complexity index is 1950. The fraction of sp³-hybridized carbons (Fsp3) is 0.258. The number of benzene rings is 2. The molecular formula is C31H28F2N6O5. The minimum Gasteiger partial charge on any atom is -0.507 e. The SMILES string of the molecule is C=CC(=O)N1CCN2c3nc(=O)n(-c4c(C)ccnc4C(C)C)c4c(F)c(-c5c(O)cccc5O)c(F)c(c34)NC(=O)C2C1. The van der Waals surface area contributed by atoms with Crippen molar-refractivity contribution in [2.45, 2.75) is 32.7 Å². The van der Waals surface area contributed by atoms with E-state index in [1.165, 1.54) is 15.9 Å². The second-order valence-corrected chi connectivity index (χ2v) is 11.0. The van der Waals surface area contributed by atoms with Crippen molar-refractivity contribution in [2.75, 3.05) is 29.9 Å². The fourth-order valence-corrected chi connectivity index (χ4v) is 6.02. The lowest BCUT2D eigenvalue weighted by molar-refractivity contribution is -0.128. The zero-order chi connectivity index (χ0) is 31.6. The number of carbonyl (C=O) groups is 2. The molecule has 11 nitrogen and oxygen atoms in total. The Kier molecular flexibility index (Phi) is 6.82. The first-order valence-corrected chi connectivity index (χ1v) is 13.9. The maximum absolute atomic E-state index is 17.1. The van der Waals surface area contributed by atoms with Gasteiger partial charge in [0.1, 0.15) is 28.9 Å². The van der Waals surface area contributed by atoms with E-state index in [9.17, 15) is 24.6 Å². The molecule has 3 N–H and O–H groups in total. The Balaban J connectivity index is 1.79. The number of nitrogens with one attached hydrogen (secondary N) is 1. The Hall–Kier alpha value is -5.33. The molecule has 2 aromatic carbocycles. The highest BCUT2D eigenvalue weighted by atomic mass is 19.1. The molecule has 6 rings (SSSR count). The van der Waals surface area contributed by atoms with E-state index in [4.69, 9.17) is 0 Å². The van der Waals surface area contributed by atoms with E-state index in [2.05, 4.69) is 21.9 Å². The third kappa shape index (κ3) is 4.18. The van der Waals surface area contributed by atoms with Crippen LogP contribution in [0.1, 0.15) is 31.0 Å². The standard InChI is InChI=1S/C31H28F2N6O5/c1-5-19(42)37-11-12-38-16(13-37)30(43)35-26-22-28(24(33)21(23(26)32)20-17(40)7-6-8-18(20)41)39(31(44)36-29(22)38)27-15(4)9-10-34-25(27)14(2)3/h5-10,14,16,40-41H,1,11-13H2,2-4H3,(H,35,43). The molecule has 2 aliphatic rings. The van der Waals surface area contributed by atoms with E-state index >= 15 is 8.78 Å². The molecular weight excluding hydrogens is 574 g/mol. The Morgan fingerprint density at radius 1 is 1.11 bits per heavy atom. The van der Waals surface area contributed by atoms with Gasteiger partial charge in [-0.15, -0.1) is 0 Å². The van der Waals surface area contributed by atoms with E-state index in [0.717, 1.165) is 22.8 Å². The van der Waals surface area contributed by atoms with Crippen molar-refractivity contribution >= 4 is 34.2 Å². The summed E-state index contributed by atoms with van der Waals surface area (Å²) < 4.78 is 34.7. The van der Waals surface area contributed by atoms with Crippen molar-refractivity contribution < 1.29 is 28.6 Å². The van der Waals surface area contributed by atoms with Gasteiger partial charge in [-0.25, -0.2) is 13.6 Å². The molecule has 1 atom stereocenters. The maximum atomic E-state index is 17.1. The molecule has 2 amide bonds. The summed E-state index contributed by atoms with van der Waals surface area (Å²) in [6.07, 6.45) is 2.67. The molecule has 0 bridgehead atoms. The number of phenolic OH excluding ortho intramolecular Hbond substituents is 2. The van der Waals surface area contributed by atoms with Crippen LogP contribution in [0.2, 0.25) is 0 Å². The van der Waals surface area contributed by atoms with E-state index in [1.54, 1.807) is 19.2 Å². The molecule has 1 saturated heterocycles. The van der Waals surface area contributed by atoms with Crippen LogP contribution in [0.4, 0.5) is 20.3 Å². The second kappa shape index (κ2) is 10.4. The Morgan fingerprint density at radius 2 is 1.82 bits per heavy atom. The molecule has 0 aliphatic carbocycles. The summed E-state index contributed by atoms with van der Waals surface area (Å²) in [6.45, 7) is 8.91. The maximum Gasteiger partial charge on any atom is 0.354 e. The number of aryl methyl sites for hydroxylation is 1. The summed E-state index contributed by atoms with van der Waals surface area (Å²) in [7, 11) is 0. The number of phenols is 2. The largest absolute Gasteiger partial charge is 0.507 e. The van der Waals surface area contributed by atoms with Crippen molar-refractivity contribution in [3.63, 3.8) is 0 Å². The monoisotopic (exact) mass is 602 g/mol. The van der Waals surface area contributed by atoms with Crippen LogP contribution in [0, 0.1) is 18.6 Å². The summed E-state index contributed by atoms with van der Waals surface area (Å²) in [4.78, 5) is 51.7. The van der Waals surface area contributed by atoms with E-state index in [0.29, 0.717) is 11.3 Å². The van der Waals surface area contributed by atoms with Crippen molar-refractivity contribution in [3.05, 3.63) is 76.5 Å². The van der Waals surface area contributed by atoms with Crippen LogP contribution in [0.3, 0.4) is 0 Å². The third-order valence-corrected chi connectivity index (χ3v) is 8.08. The summed E-state index contributed by atoms with van der Waals surface area (Å²) >= 11 is 0. The second-order valence-electron chi connectivity index (χ2n) is 11.0. The Morgan fingerprint density at radius 3 is 2.48 bits per heavy atom. The normalized spacial score (nSPS) is 16.1. The topological polar surface area (TPSA) is 141 Å². The first-order valence-electron chi connectivity index (χ1n) is 13.9. The number of aromatic nitrogens is 3. The molecule has 226 valence electrons. The molecule has 13 heteroatoms. The number of pyridine rings is 1. The predicted molar refractivity (Wildman–Crippen MR) is 159 cm³/mol. The Labute approximate surface area is 249 Å². The smallest absolute Gasteiger partial charge is 0.354 e. The molecule has 2 aliphatic heterocycles. The predicted octanol–water partition coefficient (Wildman–Crippen LogP) is 3.72. The molecule has 1 unspecified atom stereocenters. The number of nitrogens with zero attached hydrogens (tertiary/aromatic N) is 5. The fourth-order valence-electron chi connectivity index (χ4n) is 6.02. The number of anilines is 2. The quantitative estimate of drug-likeness (QED) is 0.300. The zero-order valence-electron chi connectivity index (χ0n) is 24.1. The van der Waals surface area contributed by atoms with E-state index in [-0.39, 0.29) is 42.4 Å². The molecule has 4 aromatic rings. The van der Waals surface area contributed by atoms with Crippen LogP contribution in [-0.2, 0) is 9.59 Å².